The fourth-order valence-electron chi connectivity index (χ4n) is 2.13. The fraction of sp³-hybridized carbons (Fsp3) is 0.667. The van der Waals surface area contributed by atoms with Crippen LogP contribution in [0, 0.1) is 0 Å². The largest absolute Gasteiger partial charge is 0.410 e. The lowest BCUT2D eigenvalue weighted by molar-refractivity contribution is -0.124. The second kappa shape index (κ2) is 3.43. The van der Waals surface area contributed by atoms with Crippen molar-refractivity contribution in [1.82, 2.24) is 5.06 Å². The topological polar surface area (TPSA) is 12.5 Å². The molecule has 0 aromatic rings. The first-order valence-corrected chi connectivity index (χ1v) is 5.41. The molecule has 0 radical (unpaired) electrons. The van der Waals surface area contributed by atoms with Gasteiger partial charge in [-0.15, -0.1) is 5.06 Å². The molecule has 0 saturated carbocycles. The first kappa shape index (κ1) is 9.78. The average Bonchev–Trinajstić information content (AvgIpc) is 2.26. The van der Waals surface area contributed by atoms with Crippen molar-refractivity contribution in [1.29, 1.82) is 0 Å². The van der Waals surface area contributed by atoms with E-state index in [2.05, 4.69) is 26.0 Å². The van der Waals surface area contributed by atoms with E-state index in [1.165, 1.54) is 24.2 Å². The minimum Gasteiger partial charge on any atom is -0.410 e. The van der Waals surface area contributed by atoms with Crippen LogP contribution in [0.3, 0.4) is 0 Å². The van der Waals surface area contributed by atoms with Gasteiger partial charge in [-0.05, 0) is 38.7 Å². The number of hydroxylamine groups is 2. The Morgan fingerprint density at radius 1 is 1.36 bits per heavy atom. The molecule has 2 nitrogen and oxygen atoms in total. The molecule has 2 aliphatic rings. The van der Waals surface area contributed by atoms with Crippen molar-refractivity contribution in [3.05, 3.63) is 23.5 Å². The monoisotopic (exact) mass is 193 g/mol. The van der Waals surface area contributed by atoms with Crippen LogP contribution in [0.25, 0.3) is 0 Å². The lowest BCUT2D eigenvalue weighted by Gasteiger charge is -2.27. The summed E-state index contributed by atoms with van der Waals surface area (Å²) in [7, 11) is 2.02. The molecule has 0 aromatic carbocycles. The zero-order valence-corrected chi connectivity index (χ0v) is 9.34. The Bertz CT molecular complexity index is 289. The molecule has 1 aliphatic heterocycles. The fourth-order valence-corrected chi connectivity index (χ4v) is 2.13. The molecule has 1 heterocycles. The van der Waals surface area contributed by atoms with Crippen LogP contribution in [0.1, 0.15) is 39.5 Å². The lowest BCUT2D eigenvalue weighted by atomic mass is 9.89. The van der Waals surface area contributed by atoms with Gasteiger partial charge in [0.2, 0.25) is 0 Å². The number of hydrogen-bond donors (Lipinski definition) is 0. The predicted molar refractivity (Wildman–Crippen MR) is 57.6 cm³/mol. The molecule has 0 spiro atoms. The molecule has 0 N–H and O–H groups in total. The number of rotatable bonds is 0. The Hall–Kier alpha value is -0.760. The summed E-state index contributed by atoms with van der Waals surface area (Å²) in [5.41, 5.74) is 1.52. The van der Waals surface area contributed by atoms with E-state index in [0.29, 0.717) is 0 Å². The summed E-state index contributed by atoms with van der Waals surface area (Å²) in [5, 5.41) is 1.98. The molecule has 2 rings (SSSR count). The summed E-state index contributed by atoms with van der Waals surface area (Å²) in [6.45, 7) is 4.45. The standard InChI is InChI=1S/C12H19NO/c1-12(2)10-8-6-4-5-7-9-11(10)14-13(12)3/h4,6H,5,7-9H2,1-3H3/b6-4-. The Morgan fingerprint density at radius 3 is 2.93 bits per heavy atom. The highest BCUT2D eigenvalue weighted by Gasteiger charge is 2.38. The molecule has 1 aliphatic carbocycles. The third kappa shape index (κ3) is 1.48. The van der Waals surface area contributed by atoms with Gasteiger partial charge in [0.1, 0.15) is 5.76 Å². The van der Waals surface area contributed by atoms with Gasteiger partial charge in [-0.25, -0.2) is 0 Å². The molecule has 0 aromatic heterocycles. The van der Waals surface area contributed by atoms with E-state index in [9.17, 15) is 0 Å². The number of allylic oxidation sites excluding steroid dienone is 3. The van der Waals surface area contributed by atoms with Crippen LogP contribution in [0.2, 0.25) is 0 Å². The van der Waals surface area contributed by atoms with Crippen LogP contribution in [-0.4, -0.2) is 17.6 Å². The van der Waals surface area contributed by atoms with Crippen molar-refractivity contribution in [3.63, 3.8) is 0 Å². The molecule has 2 heteroatoms. The Morgan fingerprint density at radius 2 is 2.14 bits per heavy atom. The van der Waals surface area contributed by atoms with E-state index in [0.717, 1.165) is 12.8 Å². The van der Waals surface area contributed by atoms with Gasteiger partial charge in [-0.1, -0.05) is 12.2 Å². The maximum Gasteiger partial charge on any atom is 0.126 e. The van der Waals surface area contributed by atoms with Crippen molar-refractivity contribution in [2.24, 2.45) is 0 Å². The first-order valence-electron chi connectivity index (χ1n) is 5.41. The SMILES string of the molecule is CN1OC2=C(C/C=C\CCC2)C1(C)C. The second-order valence-corrected chi connectivity index (χ2v) is 4.62. The highest BCUT2D eigenvalue weighted by Crippen LogP contribution is 2.39. The van der Waals surface area contributed by atoms with Gasteiger partial charge in [0.05, 0.1) is 5.54 Å². The van der Waals surface area contributed by atoms with E-state index < -0.39 is 0 Å². The molecular formula is C12H19NO. The van der Waals surface area contributed by atoms with E-state index in [1.807, 2.05) is 12.1 Å². The van der Waals surface area contributed by atoms with Gasteiger partial charge >= 0.3 is 0 Å². The molecular weight excluding hydrogens is 174 g/mol. The first-order chi connectivity index (χ1) is 6.62. The van der Waals surface area contributed by atoms with E-state index in [4.69, 9.17) is 4.84 Å². The zero-order chi connectivity index (χ0) is 10.2. The minimum absolute atomic E-state index is 0.0665. The predicted octanol–water partition coefficient (Wildman–Crippen LogP) is 3.03. The van der Waals surface area contributed by atoms with Crippen LogP contribution >= 0.6 is 0 Å². The van der Waals surface area contributed by atoms with Crippen LogP contribution < -0.4 is 0 Å². The molecule has 0 bridgehead atoms. The third-order valence-corrected chi connectivity index (χ3v) is 3.37. The lowest BCUT2D eigenvalue weighted by Crippen LogP contribution is -2.36. The van der Waals surface area contributed by atoms with Gasteiger partial charge < -0.3 is 4.84 Å². The summed E-state index contributed by atoms with van der Waals surface area (Å²) in [4.78, 5) is 5.80. The summed E-state index contributed by atoms with van der Waals surface area (Å²) >= 11 is 0. The van der Waals surface area contributed by atoms with E-state index in [-0.39, 0.29) is 5.54 Å². The highest BCUT2D eigenvalue weighted by molar-refractivity contribution is 5.27. The molecule has 0 atom stereocenters. The highest BCUT2D eigenvalue weighted by atomic mass is 16.7. The molecule has 0 amide bonds. The molecule has 0 unspecified atom stereocenters. The van der Waals surface area contributed by atoms with Crippen molar-refractivity contribution in [3.8, 4) is 0 Å². The van der Waals surface area contributed by atoms with Gasteiger partial charge in [0.15, 0.2) is 0 Å². The third-order valence-electron chi connectivity index (χ3n) is 3.37. The van der Waals surface area contributed by atoms with Gasteiger partial charge in [-0.3, -0.25) is 0 Å². The Kier molecular flexibility index (Phi) is 2.40. The van der Waals surface area contributed by atoms with E-state index >= 15 is 0 Å². The van der Waals surface area contributed by atoms with Crippen LogP contribution in [0.4, 0.5) is 0 Å². The second-order valence-electron chi connectivity index (χ2n) is 4.62. The maximum absolute atomic E-state index is 5.80. The maximum atomic E-state index is 5.80. The molecule has 0 fully saturated rings. The van der Waals surface area contributed by atoms with E-state index in [1.54, 1.807) is 0 Å². The zero-order valence-electron chi connectivity index (χ0n) is 9.34. The Labute approximate surface area is 86.2 Å². The summed E-state index contributed by atoms with van der Waals surface area (Å²) in [5.74, 6) is 1.21. The van der Waals surface area contributed by atoms with Crippen LogP contribution in [-0.2, 0) is 4.84 Å². The van der Waals surface area contributed by atoms with Crippen molar-refractivity contribution in [2.75, 3.05) is 7.05 Å². The number of likely N-dealkylation sites (N-methyl/N-ethyl adjacent to an activating group) is 1. The van der Waals surface area contributed by atoms with Gasteiger partial charge in [-0.2, -0.15) is 0 Å². The quantitative estimate of drug-likeness (QED) is 0.548. The van der Waals surface area contributed by atoms with Gasteiger partial charge in [0, 0.05) is 13.5 Å². The Balaban J connectivity index is 2.29. The minimum atomic E-state index is 0.0665. The smallest absolute Gasteiger partial charge is 0.126 e. The summed E-state index contributed by atoms with van der Waals surface area (Å²) in [6.07, 6.45) is 9.10. The molecule has 0 saturated heterocycles. The van der Waals surface area contributed by atoms with Crippen molar-refractivity contribution >= 4 is 0 Å². The summed E-state index contributed by atoms with van der Waals surface area (Å²) in [6, 6.07) is 0. The van der Waals surface area contributed by atoms with Crippen molar-refractivity contribution < 1.29 is 4.84 Å². The normalized spacial score (nSPS) is 29.1. The van der Waals surface area contributed by atoms with Crippen LogP contribution in [0.5, 0.6) is 0 Å². The number of hydrogen-bond acceptors (Lipinski definition) is 2. The average molecular weight is 193 g/mol. The summed E-state index contributed by atoms with van der Waals surface area (Å²) < 4.78 is 0. The molecule has 78 valence electrons. The van der Waals surface area contributed by atoms with Crippen molar-refractivity contribution in [2.45, 2.75) is 45.1 Å². The number of nitrogens with zero attached hydrogens (tertiary/aromatic N) is 1. The molecule has 14 heavy (non-hydrogen) atoms. The van der Waals surface area contributed by atoms with Crippen LogP contribution in [0.15, 0.2) is 23.5 Å². The van der Waals surface area contributed by atoms with Gasteiger partial charge in [0.25, 0.3) is 0 Å².